The number of ketones is 1. The Hall–Kier alpha value is -1.43. The molecular formula is C10H9F3O2S. The van der Waals surface area contributed by atoms with E-state index in [1.54, 1.807) is 0 Å². The third-order valence-corrected chi connectivity index (χ3v) is 2.29. The molecule has 0 aliphatic heterocycles. The number of hydrogen-bond acceptors (Lipinski definition) is 3. The predicted molar refractivity (Wildman–Crippen MR) is 56.5 cm³/mol. The van der Waals surface area contributed by atoms with Crippen LogP contribution in [0.15, 0.2) is 12.0 Å². The van der Waals surface area contributed by atoms with E-state index in [1.165, 1.54) is 6.92 Å². The molecule has 0 aliphatic rings. The van der Waals surface area contributed by atoms with Crippen molar-refractivity contribution in [3.63, 3.8) is 0 Å². The minimum atomic E-state index is -1.62. The van der Waals surface area contributed by atoms with Gasteiger partial charge in [-0.2, -0.15) is 4.39 Å². The molecule has 0 bridgehead atoms. The molecule has 0 atom stereocenters. The minimum Gasteiger partial charge on any atom is -0.297 e. The van der Waals surface area contributed by atoms with Crippen molar-refractivity contribution in [2.75, 3.05) is 6.67 Å². The molecule has 0 amide bonds. The van der Waals surface area contributed by atoms with E-state index in [4.69, 9.17) is 0 Å². The highest BCUT2D eigenvalue weighted by Gasteiger charge is 2.14. The van der Waals surface area contributed by atoms with Crippen LogP contribution in [-0.2, 0) is 4.79 Å². The van der Waals surface area contributed by atoms with Crippen molar-refractivity contribution >= 4 is 29.2 Å². The van der Waals surface area contributed by atoms with Crippen LogP contribution >= 0.6 is 11.3 Å². The van der Waals surface area contributed by atoms with E-state index in [-0.39, 0.29) is 10.4 Å². The number of alkyl halides is 1. The lowest BCUT2D eigenvalue weighted by Crippen LogP contribution is -1.88. The molecule has 0 radical (unpaired) electrons. The molecule has 0 aromatic carbocycles. The first-order valence-electron chi connectivity index (χ1n) is 4.08. The Balaban J connectivity index is 0.000000385. The second-order valence-corrected chi connectivity index (χ2v) is 3.52. The van der Waals surface area contributed by atoms with Gasteiger partial charge in [0.15, 0.2) is 5.78 Å². The molecule has 0 saturated heterocycles. The van der Waals surface area contributed by atoms with Gasteiger partial charge in [-0.3, -0.25) is 9.59 Å². The Morgan fingerprint density at radius 1 is 1.56 bits per heavy atom. The van der Waals surface area contributed by atoms with Gasteiger partial charge in [0.2, 0.25) is 0 Å². The van der Waals surface area contributed by atoms with Gasteiger partial charge in [0.05, 0.1) is 0 Å². The Bertz CT molecular complexity index is 399. The molecule has 16 heavy (non-hydrogen) atoms. The Morgan fingerprint density at radius 2 is 2.06 bits per heavy atom. The van der Waals surface area contributed by atoms with Crippen molar-refractivity contribution in [3.8, 4) is 0 Å². The minimum absolute atomic E-state index is 0.0532. The maximum Gasteiger partial charge on any atom is 0.342 e. The van der Waals surface area contributed by atoms with E-state index in [0.29, 0.717) is 0 Å². The van der Waals surface area contributed by atoms with Crippen LogP contribution in [0.3, 0.4) is 0 Å². The Kier molecular flexibility index (Phi) is 6.32. The number of rotatable bonds is 3. The number of thiophene rings is 1. The Labute approximate surface area is 94.4 Å². The average Bonchev–Trinajstić information content (AvgIpc) is 2.60. The Morgan fingerprint density at radius 3 is 2.31 bits per heavy atom. The molecule has 0 unspecified atom stereocenters. The van der Waals surface area contributed by atoms with Crippen molar-refractivity contribution in [1.82, 2.24) is 0 Å². The van der Waals surface area contributed by atoms with Crippen molar-refractivity contribution in [2.24, 2.45) is 0 Å². The second-order valence-electron chi connectivity index (χ2n) is 2.64. The number of hydrogen-bond donors (Lipinski definition) is 0. The van der Waals surface area contributed by atoms with Gasteiger partial charge in [-0.1, -0.05) is 12.7 Å². The summed E-state index contributed by atoms with van der Waals surface area (Å²) in [5.41, 5.74) is -0.0532. The summed E-state index contributed by atoms with van der Waals surface area (Å²) in [6.45, 7) is 3.63. The monoisotopic (exact) mass is 250 g/mol. The van der Waals surface area contributed by atoms with Crippen LogP contribution in [-0.4, -0.2) is 18.5 Å². The van der Waals surface area contributed by atoms with Crippen LogP contribution in [0.1, 0.15) is 22.2 Å². The largest absolute Gasteiger partial charge is 0.342 e. The lowest BCUT2D eigenvalue weighted by molar-refractivity contribution is -0.117. The van der Waals surface area contributed by atoms with Crippen molar-refractivity contribution < 1.29 is 22.8 Å². The summed E-state index contributed by atoms with van der Waals surface area (Å²) < 4.78 is 35.4. The van der Waals surface area contributed by atoms with Gasteiger partial charge in [-0.05, 0) is 6.92 Å². The molecular weight excluding hydrogens is 241 g/mol. The summed E-state index contributed by atoms with van der Waals surface area (Å²) in [7, 11) is 0. The highest BCUT2D eigenvalue weighted by Crippen LogP contribution is 2.22. The lowest BCUT2D eigenvalue weighted by atomic mass is 10.2. The van der Waals surface area contributed by atoms with E-state index < -0.39 is 24.3 Å². The molecule has 0 spiro atoms. The zero-order chi connectivity index (χ0) is 12.7. The van der Waals surface area contributed by atoms with Crippen LogP contribution in [0, 0.1) is 5.82 Å². The topological polar surface area (TPSA) is 34.1 Å². The van der Waals surface area contributed by atoms with E-state index in [0.717, 1.165) is 22.8 Å². The second kappa shape index (κ2) is 6.95. The predicted octanol–water partition coefficient (Wildman–Crippen LogP) is 3.18. The van der Waals surface area contributed by atoms with E-state index in [1.807, 2.05) is 0 Å². The molecule has 1 heterocycles. The molecule has 0 fully saturated rings. The molecule has 0 N–H and O–H groups in total. The van der Waals surface area contributed by atoms with Gasteiger partial charge < -0.3 is 0 Å². The number of halogens is 3. The van der Waals surface area contributed by atoms with Crippen molar-refractivity contribution in [2.45, 2.75) is 6.92 Å². The molecule has 6 heteroatoms. The third kappa shape index (κ3) is 4.39. The molecule has 2 nitrogen and oxygen atoms in total. The zero-order valence-electron chi connectivity index (χ0n) is 8.43. The molecule has 1 aromatic rings. The highest BCUT2D eigenvalue weighted by atomic mass is 32.1. The lowest BCUT2D eigenvalue weighted by Gasteiger charge is -1.88. The molecule has 88 valence electrons. The van der Waals surface area contributed by atoms with Crippen molar-refractivity contribution in [1.29, 1.82) is 0 Å². The van der Waals surface area contributed by atoms with Crippen LogP contribution in [0.25, 0.3) is 6.08 Å². The maximum absolute atomic E-state index is 12.6. The van der Waals surface area contributed by atoms with Crippen LogP contribution in [0.2, 0.25) is 0 Å². The third-order valence-electron chi connectivity index (χ3n) is 1.35. The fraction of sp³-hybridized carbons (Fsp3) is 0.200. The van der Waals surface area contributed by atoms with Crippen molar-refractivity contribution in [3.05, 3.63) is 28.2 Å². The first kappa shape index (κ1) is 14.6. The zero-order valence-corrected chi connectivity index (χ0v) is 9.24. The SMILES string of the molecule is C=Cc1c(F)csc1C(=O)F.CC(=O)CF. The summed E-state index contributed by atoms with van der Waals surface area (Å²) in [5, 5.41) is 1.07. The van der Waals surface area contributed by atoms with Gasteiger partial charge in [0, 0.05) is 10.9 Å². The highest BCUT2D eigenvalue weighted by molar-refractivity contribution is 7.12. The summed E-state index contributed by atoms with van der Waals surface area (Å²) >= 11 is 0.738. The van der Waals surface area contributed by atoms with E-state index in [9.17, 15) is 22.8 Å². The number of carbonyl (C=O) groups is 2. The van der Waals surface area contributed by atoms with Crippen LogP contribution < -0.4 is 0 Å². The van der Waals surface area contributed by atoms with Gasteiger partial charge >= 0.3 is 6.04 Å². The maximum atomic E-state index is 12.6. The van der Waals surface area contributed by atoms with Gasteiger partial charge in [0.1, 0.15) is 17.4 Å². The standard InChI is InChI=1S/C7H4F2OS.C3H5FO/c1-2-4-5(8)3-11-6(4)7(9)10;1-3(5)2-4/h2-3H,1H2;2H2,1H3. The van der Waals surface area contributed by atoms with Gasteiger partial charge in [0.25, 0.3) is 0 Å². The fourth-order valence-electron chi connectivity index (χ4n) is 0.688. The van der Waals surface area contributed by atoms with Gasteiger partial charge in [-0.15, -0.1) is 11.3 Å². The molecule has 1 aromatic heterocycles. The summed E-state index contributed by atoms with van der Waals surface area (Å²) in [6.07, 6.45) is 1.12. The molecule has 0 saturated carbocycles. The summed E-state index contributed by atoms with van der Waals surface area (Å²) in [5.74, 6) is -1.02. The summed E-state index contributed by atoms with van der Waals surface area (Å²) in [4.78, 5) is 19.4. The molecule has 1 rings (SSSR count). The number of Topliss-reactive ketones (excluding diaryl/α,β-unsaturated/α-hetero) is 1. The first-order valence-corrected chi connectivity index (χ1v) is 4.96. The van der Waals surface area contributed by atoms with Gasteiger partial charge in [-0.25, -0.2) is 8.78 Å². The smallest absolute Gasteiger partial charge is 0.297 e. The van der Waals surface area contributed by atoms with E-state index >= 15 is 0 Å². The first-order chi connectivity index (χ1) is 7.43. The normalized spacial score (nSPS) is 9.00. The van der Waals surface area contributed by atoms with Crippen LogP contribution in [0.5, 0.6) is 0 Å². The van der Waals surface area contributed by atoms with E-state index in [2.05, 4.69) is 6.58 Å². The summed E-state index contributed by atoms with van der Waals surface area (Å²) in [6, 6.07) is -1.62. The van der Waals surface area contributed by atoms with Crippen LogP contribution in [0.4, 0.5) is 13.2 Å². The number of carbonyl (C=O) groups excluding carboxylic acids is 2. The average molecular weight is 250 g/mol. The quantitative estimate of drug-likeness (QED) is 0.772. The molecule has 0 aliphatic carbocycles. The fourth-order valence-corrected chi connectivity index (χ4v) is 1.44.